The molecule has 7 heteroatoms. The molecule has 1 saturated carbocycles. The lowest BCUT2D eigenvalue weighted by atomic mass is 10.1. The molecule has 0 radical (unpaired) electrons. The second-order valence-electron chi connectivity index (χ2n) is 7.89. The smallest absolute Gasteiger partial charge is 0.162 e. The maximum Gasteiger partial charge on any atom is 0.162 e. The summed E-state index contributed by atoms with van der Waals surface area (Å²) in [7, 11) is 0. The lowest BCUT2D eigenvalue weighted by Gasteiger charge is -2.15. The molecule has 0 bridgehead atoms. The minimum absolute atomic E-state index is 0.374. The van der Waals surface area contributed by atoms with Crippen molar-refractivity contribution in [2.24, 2.45) is 0 Å². The van der Waals surface area contributed by atoms with Crippen LogP contribution in [0.25, 0.3) is 21.6 Å². The first-order chi connectivity index (χ1) is 15.3. The molecule has 0 unspecified atom stereocenters. The first kappa shape index (κ1) is 19.9. The highest BCUT2D eigenvalue weighted by molar-refractivity contribution is 7.17. The van der Waals surface area contributed by atoms with Gasteiger partial charge in [-0.05, 0) is 42.0 Å². The number of thiophene rings is 1. The van der Waals surface area contributed by atoms with Crippen LogP contribution in [0.5, 0.6) is 0 Å². The van der Waals surface area contributed by atoms with Gasteiger partial charge >= 0.3 is 0 Å². The van der Waals surface area contributed by atoms with Crippen molar-refractivity contribution in [3.05, 3.63) is 65.7 Å². The van der Waals surface area contributed by atoms with Gasteiger partial charge in [-0.25, -0.2) is 15.0 Å². The molecule has 158 valence electrons. The molecular formula is C24H25N5OS. The topological polar surface area (TPSA) is 83.0 Å². The number of aromatic nitrogens is 3. The number of nitrogens with zero attached hydrogens (tertiary/aromatic N) is 3. The molecule has 1 fully saturated rings. The Morgan fingerprint density at radius 3 is 2.74 bits per heavy atom. The molecular weight excluding hydrogens is 406 g/mol. The van der Waals surface area contributed by atoms with Crippen LogP contribution in [-0.2, 0) is 0 Å². The van der Waals surface area contributed by atoms with E-state index in [-0.39, 0.29) is 0 Å². The Kier molecular flexibility index (Phi) is 5.78. The Labute approximate surface area is 185 Å². The molecule has 31 heavy (non-hydrogen) atoms. The van der Waals surface area contributed by atoms with Crippen LogP contribution in [-0.4, -0.2) is 32.6 Å². The fourth-order valence-electron chi connectivity index (χ4n) is 4.01. The van der Waals surface area contributed by atoms with Crippen molar-refractivity contribution in [3.63, 3.8) is 0 Å². The van der Waals surface area contributed by atoms with Crippen molar-refractivity contribution in [3.8, 4) is 11.4 Å². The van der Waals surface area contributed by atoms with Crippen molar-refractivity contribution >= 4 is 33.2 Å². The van der Waals surface area contributed by atoms with Crippen LogP contribution in [0, 0.1) is 0 Å². The molecule has 3 N–H and O–H groups in total. The van der Waals surface area contributed by atoms with Crippen LogP contribution < -0.4 is 10.6 Å². The first-order valence-corrected chi connectivity index (χ1v) is 11.6. The third kappa shape index (κ3) is 4.52. The zero-order valence-corrected chi connectivity index (χ0v) is 18.0. The Bertz CT molecular complexity index is 1160. The highest BCUT2D eigenvalue weighted by atomic mass is 32.1. The van der Waals surface area contributed by atoms with E-state index < -0.39 is 6.10 Å². The van der Waals surface area contributed by atoms with Gasteiger partial charge in [0.05, 0.1) is 16.3 Å². The van der Waals surface area contributed by atoms with E-state index in [1.165, 1.54) is 25.7 Å². The summed E-state index contributed by atoms with van der Waals surface area (Å²) in [6.45, 7) is 0.374. The van der Waals surface area contributed by atoms with Crippen LogP contribution in [0.3, 0.4) is 0 Å². The molecule has 0 amide bonds. The summed E-state index contributed by atoms with van der Waals surface area (Å²) in [5.74, 6) is 2.29. The zero-order chi connectivity index (χ0) is 21.0. The van der Waals surface area contributed by atoms with E-state index in [1.807, 2.05) is 48.5 Å². The summed E-state index contributed by atoms with van der Waals surface area (Å²) in [4.78, 5) is 14.1. The molecule has 0 spiro atoms. The predicted molar refractivity (Wildman–Crippen MR) is 126 cm³/mol. The fraction of sp³-hybridized carbons (Fsp3) is 0.292. The van der Waals surface area contributed by atoms with Crippen molar-refractivity contribution < 1.29 is 5.11 Å². The second-order valence-corrected chi connectivity index (χ2v) is 8.81. The summed E-state index contributed by atoms with van der Waals surface area (Å²) in [5, 5.41) is 19.4. The number of rotatable bonds is 7. The lowest BCUT2D eigenvalue weighted by molar-refractivity contribution is 0.191. The number of aliphatic hydroxyl groups excluding tert-OH is 1. The Morgan fingerprint density at radius 1 is 1.06 bits per heavy atom. The molecule has 1 atom stereocenters. The fourth-order valence-corrected chi connectivity index (χ4v) is 4.80. The van der Waals surface area contributed by atoms with Gasteiger partial charge in [-0.15, -0.1) is 11.3 Å². The van der Waals surface area contributed by atoms with Gasteiger partial charge in [0.1, 0.15) is 11.6 Å². The highest BCUT2D eigenvalue weighted by Gasteiger charge is 2.18. The molecule has 1 aromatic carbocycles. The van der Waals surface area contributed by atoms with Gasteiger partial charge in [0.25, 0.3) is 0 Å². The second kappa shape index (κ2) is 8.99. The molecule has 0 saturated heterocycles. The van der Waals surface area contributed by atoms with E-state index in [1.54, 1.807) is 17.5 Å². The summed E-state index contributed by atoms with van der Waals surface area (Å²) >= 11 is 1.67. The largest absolute Gasteiger partial charge is 0.387 e. The molecule has 4 aromatic rings. The maximum absolute atomic E-state index is 10.4. The van der Waals surface area contributed by atoms with Gasteiger partial charge in [-0.2, -0.15) is 0 Å². The number of anilines is 2. The van der Waals surface area contributed by atoms with Gasteiger partial charge < -0.3 is 15.7 Å². The Morgan fingerprint density at radius 2 is 1.90 bits per heavy atom. The number of aliphatic hydroxyl groups is 1. The number of pyridine rings is 1. The van der Waals surface area contributed by atoms with E-state index in [9.17, 15) is 5.11 Å². The Hall–Kier alpha value is -3.03. The minimum Gasteiger partial charge on any atom is -0.387 e. The maximum atomic E-state index is 10.4. The minimum atomic E-state index is -0.604. The summed E-state index contributed by atoms with van der Waals surface area (Å²) < 4.78 is 1.11. The zero-order valence-electron chi connectivity index (χ0n) is 17.2. The monoisotopic (exact) mass is 431 g/mol. The van der Waals surface area contributed by atoms with Crippen LogP contribution >= 0.6 is 11.3 Å². The van der Waals surface area contributed by atoms with Gasteiger partial charge in [-0.1, -0.05) is 43.2 Å². The van der Waals surface area contributed by atoms with E-state index >= 15 is 0 Å². The predicted octanol–water partition coefficient (Wildman–Crippen LogP) is 5.25. The van der Waals surface area contributed by atoms with E-state index in [0.717, 1.165) is 27.2 Å². The van der Waals surface area contributed by atoms with Gasteiger partial charge in [0, 0.05) is 24.3 Å². The van der Waals surface area contributed by atoms with Crippen molar-refractivity contribution in [1.29, 1.82) is 0 Å². The summed E-state index contributed by atoms with van der Waals surface area (Å²) in [6.07, 6.45) is 6.08. The van der Waals surface area contributed by atoms with Gasteiger partial charge in [0.15, 0.2) is 5.82 Å². The van der Waals surface area contributed by atoms with Crippen molar-refractivity contribution in [1.82, 2.24) is 15.0 Å². The molecule has 1 aliphatic carbocycles. The van der Waals surface area contributed by atoms with Crippen LogP contribution in [0.1, 0.15) is 37.4 Å². The average molecular weight is 432 g/mol. The van der Waals surface area contributed by atoms with E-state index in [4.69, 9.17) is 9.97 Å². The van der Waals surface area contributed by atoms with E-state index in [2.05, 4.69) is 21.0 Å². The number of hydrogen-bond donors (Lipinski definition) is 3. The number of fused-ring (bicyclic) bond motifs is 1. The van der Waals surface area contributed by atoms with Crippen molar-refractivity contribution in [2.45, 2.75) is 37.8 Å². The third-order valence-corrected chi connectivity index (χ3v) is 6.59. The number of hydrogen-bond acceptors (Lipinski definition) is 7. The molecule has 0 aliphatic heterocycles. The standard InChI is InChI=1S/C24H25N5OS/c30-20(16-6-2-1-3-7-16)15-26-21-14-17(10-12-25-21)23-28-19-11-13-31-22(19)24(29-23)27-18-8-4-5-9-18/h1-3,6-7,10-14,18,20,30H,4-5,8-9,15H2,(H,25,26)(H,27,28,29)/t20-/m0/s1. The normalized spacial score (nSPS) is 15.3. The SMILES string of the molecule is O[C@@H](CNc1cc(-c2nc(NC3CCCC3)c3sccc3n2)ccn1)c1ccccc1. The Balaban J connectivity index is 1.37. The number of benzene rings is 1. The first-order valence-electron chi connectivity index (χ1n) is 10.7. The number of nitrogens with one attached hydrogen (secondary N) is 2. The highest BCUT2D eigenvalue weighted by Crippen LogP contribution is 2.32. The molecule has 5 rings (SSSR count). The molecule has 3 heterocycles. The van der Waals surface area contributed by atoms with Gasteiger partial charge in [-0.3, -0.25) is 0 Å². The van der Waals surface area contributed by atoms with Gasteiger partial charge in [0.2, 0.25) is 0 Å². The van der Waals surface area contributed by atoms with E-state index in [0.29, 0.717) is 24.2 Å². The average Bonchev–Trinajstić information content (AvgIpc) is 3.50. The van der Waals surface area contributed by atoms with Crippen LogP contribution in [0.4, 0.5) is 11.6 Å². The van der Waals surface area contributed by atoms with Crippen molar-refractivity contribution in [2.75, 3.05) is 17.2 Å². The lowest BCUT2D eigenvalue weighted by Crippen LogP contribution is -2.16. The molecule has 3 aromatic heterocycles. The summed E-state index contributed by atoms with van der Waals surface area (Å²) in [6, 6.07) is 16.0. The van der Waals surface area contributed by atoms with Crippen LogP contribution in [0.2, 0.25) is 0 Å². The molecule has 1 aliphatic rings. The van der Waals surface area contributed by atoms with Crippen LogP contribution in [0.15, 0.2) is 60.1 Å². The summed E-state index contributed by atoms with van der Waals surface area (Å²) in [5.41, 5.74) is 2.73. The third-order valence-electron chi connectivity index (χ3n) is 5.68. The quantitative estimate of drug-likeness (QED) is 0.371. The molecule has 6 nitrogen and oxygen atoms in total.